The zero-order valence-corrected chi connectivity index (χ0v) is 55.3. The van der Waals surface area contributed by atoms with Crippen molar-refractivity contribution >= 4 is 11.9 Å². The summed E-state index contributed by atoms with van der Waals surface area (Å²) in [6, 6.07) is -1.04. The Balaban J connectivity index is 2.57. The molecule has 1 saturated heterocycles. The Labute approximate surface area is 531 Å². The fourth-order valence-corrected chi connectivity index (χ4v) is 10.3. The second kappa shape index (κ2) is 62.3. The molecule has 1 aliphatic heterocycles. The van der Waals surface area contributed by atoms with Crippen molar-refractivity contribution in [1.82, 2.24) is 5.32 Å². The first-order valence-corrected chi connectivity index (χ1v) is 35.3. The Morgan fingerprint density at radius 1 is 0.460 bits per heavy atom. The summed E-state index contributed by atoms with van der Waals surface area (Å²) < 4.78 is 17.7. The molecule has 0 radical (unpaired) electrons. The molecule has 1 heterocycles. The number of allylic oxidation sites excluding steroid dienone is 19. The monoisotopic (exact) mass is 1220 g/mol. The van der Waals surface area contributed by atoms with E-state index in [1.54, 1.807) is 6.08 Å². The third-order valence-electron chi connectivity index (χ3n) is 15.8. The minimum atomic E-state index is -1.63. The Morgan fingerprint density at radius 3 is 1.26 bits per heavy atom. The van der Waals surface area contributed by atoms with Crippen LogP contribution < -0.4 is 5.32 Å². The third kappa shape index (κ3) is 49.5. The number of unbranched alkanes of at least 4 members (excludes halogenated alkanes) is 27. The molecule has 0 spiro atoms. The smallest absolute Gasteiger partial charge is 0.306 e. The van der Waals surface area contributed by atoms with Gasteiger partial charge in [-0.2, -0.15) is 0 Å². The van der Waals surface area contributed by atoms with Crippen LogP contribution in [-0.4, -0.2) is 99.6 Å². The molecule has 0 bridgehead atoms. The summed E-state index contributed by atoms with van der Waals surface area (Å²) in [7, 11) is 0. The third-order valence-corrected chi connectivity index (χ3v) is 15.8. The Bertz CT molecular complexity index is 1880. The molecule has 498 valence electrons. The molecule has 1 amide bonds. The van der Waals surface area contributed by atoms with Crippen LogP contribution in [0.3, 0.4) is 0 Å². The van der Waals surface area contributed by atoms with Crippen LogP contribution in [0, 0.1) is 0 Å². The molecule has 1 rings (SSSR count). The Hall–Kier alpha value is -3.94. The van der Waals surface area contributed by atoms with Crippen LogP contribution in [0.1, 0.15) is 284 Å². The van der Waals surface area contributed by atoms with Crippen molar-refractivity contribution in [3.8, 4) is 0 Å². The summed E-state index contributed by atoms with van der Waals surface area (Å²) in [5.74, 6) is -1.21. The minimum Gasteiger partial charge on any atom is -0.454 e. The molecule has 0 aromatic carbocycles. The van der Waals surface area contributed by atoms with Gasteiger partial charge in [-0.05, 0) is 116 Å². The average Bonchev–Trinajstić information content (AvgIpc) is 2.93. The lowest BCUT2D eigenvalue weighted by Crippen LogP contribution is -2.61. The first kappa shape index (κ1) is 81.1. The number of rotatable bonds is 59. The van der Waals surface area contributed by atoms with Crippen LogP contribution in [0.5, 0.6) is 0 Å². The van der Waals surface area contributed by atoms with Gasteiger partial charge in [0, 0.05) is 6.42 Å². The standard InChI is InChI=1S/C76H129NO10/c1-4-7-10-13-16-19-22-24-26-28-30-32-33-34-35-36-37-38-40-42-44-46-49-52-55-58-61-64-71(81)87-74-73(83)72(82)70(65-78)86-76(74)85-66-67(68(79)62-59-56-53-50-47-21-18-15-12-9-6-3)77-75(84)69(80)63-60-57-54-51-48-45-43-41-39-31-29-27-25-23-20-17-14-11-8-5-2/h7,10,16-17,19-20,24-27,30-32,34-35,37-39,59,62,67-70,72-74,76,78-80,82-83H,4-6,8-9,11-15,18,21-23,28-29,33,36,40-58,60-61,63-66H2,1-3H3,(H,77,84)/b10-7-,19-16-,20-17-,26-24-,27-25-,32-30-,35-34-,38-37-,39-31-,62-59+. The van der Waals surface area contributed by atoms with Gasteiger partial charge in [-0.3, -0.25) is 9.59 Å². The average molecular weight is 1220 g/mol. The molecule has 8 unspecified atom stereocenters. The topological polar surface area (TPSA) is 175 Å². The zero-order chi connectivity index (χ0) is 63.1. The predicted molar refractivity (Wildman–Crippen MR) is 365 cm³/mol. The van der Waals surface area contributed by atoms with E-state index in [1.165, 1.54) is 96.3 Å². The lowest BCUT2D eigenvalue weighted by molar-refractivity contribution is -0.305. The number of ether oxygens (including phenoxy) is 3. The quantitative estimate of drug-likeness (QED) is 0.0195. The number of hydrogen-bond acceptors (Lipinski definition) is 10. The van der Waals surface area contributed by atoms with Crippen molar-refractivity contribution in [3.63, 3.8) is 0 Å². The number of aliphatic hydroxyl groups excluding tert-OH is 5. The lowest BCUT2D eigenvalue weighted by atomic mass is 9.99. The summed E-state index contributed by atoms with van der Waals surface area (Å²) in [5.41, 5.74) is 0. The number of nitrogens with one attached hydrogen (secondary N) is 1. The maximum atomic E-state index is 13.5. The van der Waals surface area contributed by atoms with Crippen LogP contribution >= 0.6 is 0 Å². The lowest BCUT2D eigenvalue weighted by Gasteiger charge is -2.41. The zero-order valence-electron chi connectivity index (χ0n) is 55.3. The van der Waals surface area contributed by atoms with E-state index in [1.807, 2.05) is 6.08 Å². The highest BCUT2D eigenvalue weighted by Crippen LogP contribution is 2.26. The van der Waals surface area contributed by atoms with Gasteiger partial charge in [0.25, 0.3) is 0 Å². The molecular formula is C76H129NO10. The molecule has 11 nitrogen and oxygen atoms in total. The molecule has 1 fully saturated rings. The molecule has 1 aliphatic rings. The van der Waals surface area contributed by atoms with Gasteiger partial charge in [0.05, 0.1) is 25.4 Å². The van der Waals surface area contributed by atoms with E-state index in [-0.39, 0.29) is 19.4 Å². The van der Waals surface area contributed by atoms with Gasteiger partial charge in [-0.25, -0.2) is 0 Å². The first-order valence-electron chi connectivity index (χ1n) is 35.3. The van der Waals surface area contributed by atoms with Crippen LogP contribution in [0.4, 0.5) is 0 Å². The highest BCUT2D eigenvalue weighted by Gasteiger charge is 2.47. The number of carbonyl (C=O) groups is 2. The number of esters is 1. The summed E-state index contributed by atoms with van der Waals surface area (Å²) in [4.78, 5) is 26.7. The van der Waals surface area contributed by atoms with Gasteiger partial charge >= 0.3 is 5.97 Å². The van der Waals surface area contributed by atoms with Gasteiger partial charge in [0.2, 0.25) is 5.91 Å². The number of carbonyl (C=O) groups excluding carboxylic acids is 2. The fourth-order valence-electron chi connectivity index (χ4n) is 10.3. The fraction of sp³-hybridized carbons (Fsp3) is 0.711. The van der Waals surface area contributed by atoms with Crippen molar-refractivity contribution in [1.29, 1.82) is 0 Å². The van der Waals surface area contributed by atoms with E-state index in [9.17, 15) is 35.1 Å². The minimum absolute atomic E-state index is 0.106. The number of hydrogen-bond donors (Lipinski definition) is 6. The van der Waals surface area contributed by atoms with Crippen molar-refractivity contribution in [2.75, 3.05) is 13.2 Å². The molecule has 0 aliphatic carbocycles. The summed E-state index contributed by atoms with van der Waals surface area (Å²) in [5, 5.41) is 57.2. The Kier molecular flexibility index (Phi) is 58.0. The molecular weight excluding hydrogens is 1090 g/mol. The van der Waals surface area contributed by atoms with Crippen molar-refractivity contribution in [2.24, 2.45) is 0 Å². The first-order chi connectivity index (χ1) is 42.7. The maximum absolute atomic E-state index is 13.5. The van der Waals surface area contributed by atoms with E-state index >= 15 is 0 Å². The Morgan fingerprint density at radius 2 is 0.828 bits per heavy atom. The van der Waals surface area contributed by atoms with Gasteiger partial charge in [0.1, 0.15) is 24.4 Å². The van der Waals surface area contributed by atoms with Gasteiger partial charge in [-0.15, -0.1) is 0 Å². The summed E-state index contributed by atoms with van der Waals surface area (Å²) in [6.45, 7) is 5.64. The van der Waals surface area contributed by atoms with Gasteiger partial charge in [0.15, 0.2) is 12.4 Å². The van der Waals surface area contributed by atoms with Crippen LogP contribution in [0.25, 0.3) is 0 Å². The van der Waals surface area contributed by atoms with Gasteiger partial charge < -0.3 is 45.1 Å². The number of aliphatic hydroxyl groups is 5. The number of amides is 1. The highest BCUT2D eigenvalue weighted by molar-refractivity contribution is 5.80. The molecule has 8 atom stereocenters. The van der Waals surface area contributed by atoms with Crippen LogP contribution in [-0.2, 0) is 23.8 Å². The summed E-state index contributed by atoms with van der Waals surface area (Å²) >= 11 is 0. The normalized spacial score (nSPS) is 19.0. The van der Waals surface area contributed by atoms with Crippen LogP contribution in [0.15, 0.2) is 122 Å². The van der Waals surface area contributed by atoms with E-state index in [2.05, 4.69) is 135 Å². The van der Waals surface area contributed by atoms with E-state index < -0.39 is 67.4 Å². The highest BCUT2D eigenvalue weighted by atomic mass is 16.7. The second-order valence-corrected chi connectivity index (χ2v) is 23.9. The second-order valence-electron chi connectivity index (χ2n) is 23.9. The maximum Gasteiger partial charge on any atom is 0.306 e. The van der Waals surface area contributed by atoms with Crippen molar-refractivity contribution < 1.29 is 49.3 Å². The molecule has 6 N–H and O–H groups in total. The largest absolute Gasteiger partial charge is 0.454 e. The van der Waals surface area contributed by atoms with Crippen LogP contribution in [0.2, 0.25) is 0 Å². The summed E-state index contributed by atoms with van der Waals surface area (Å²) in [6.07, 6.45) is 76.6. The SMILES string of the molecule is CC/C=C\C/C=C\C/C=C\C/C=C\C/C=C\C/C=C\CCCCCCCCCCC(=O)OC1C(OCC(NC(=O)C(O)CCCCCCCCC/C=C\C/C=C\C/C=C\CCCCC)C(O)/C=C/CCCCCCCCCCC)OC(CO)C(O)C1O. The molecule has 11 heteroatoms. The van der Waals surface area contributed by atoms with Crippen molar-refractivity contribution in [3.05, 3.63) is 122 Å². The van der Waals surface area contributed by atoms with E-state index in [0.29, 0.717) is 12.8 Å². The van der Waals surface area contributed by atoms with E-state index in [4.69, 9.17) is 14.2 Å². The molecule has 0 aromatic rings. The van der Waals surface area contributed by atoms with Gasteiger partial charge in [-0.1, -0.05) is 284 Å². The molecule has 0 saturated carbocycles. The van der Waals surface area contributed by atoms with Crippen molar-refractivity contribution in [2.45, 2.75) is 333 Å². The molecule has 0 aromatic heterocycles. The predicted octanol–water partition coefficient (Wildman–Crippen LogP) is 18.2. The van der Waals surface area contributed by atoms with E-state index in [0.717, 1.165) is 141 Å². The molecule has 87 heavy (non-hydrogen) atoms.